The number of alkyl halides is 3. The second-order valence-corrected chi connectivity index (χ2v) is 7.41. The Morgan fingerprint density at radius 3 is 2.15 bits per heavy atom. The van der Waals surface area contributed by atoms with Gasteiger partial charge in [0.15, 0.2) is 0 Å². The molecule has 0 aliphatic carbocycles. The van der Waals surface area contributed by atoms with Gasteiger partial charge in [0.25, 0.3) is 10.0 Å². The summed E-state index contributed by atoms with van der Waals surface area (Å²) in [4.78, 5) is 12.0. The summed E-state index contributed by atoms with van der Waals surface area (Å²) in [7, 11) is -4.30. The molecule has 2 rings (SSSR count). The number of benzene rings is 2. The molecule has 1 amide bonds. The van der Waals surface area contributed by atoms with Crippen molar-refractivity contribution in [3.63, 3.8) is 0 Å². The Bertz CT molecular complexity index is 885. The van der Waals surface area contributed by atoms with Crippen LogP contribution >= 0.6 is 0 Å². The molecule has 5 nitrogen and oxygen atoms in total. The molecular formula is C17H16F4N2O3S. The highest BCUT2D eigenvalue weighted by atomic mass is 32.2. The van der Waals surface area contributed by atoms with Crippen LogP contribution in [0, 0.1) is 5.82 Å². The van der Waals surface area contributed by atoms with E-state index >= 15 is 0 Å². The lowest BCUT2D eigenvalue weighted by atomic mass is 10.2. The number of anilines is 1. The summed E-state index contributed by atoms with van der Waals surface area (Å²) in [6.07, 6.45) is -4.64. The molecule has 0 unspecified atom stereocenters. The molecule has 0 aliphatic heterocycles. The van der Waals surface area contributed by atoms with Gasteiger partial charge in [-0.15, -0.1) is 0 Å². The fourth-order valence-corrected chi connectivity index (χ4v) is 3.95. The van der Waals surface area contributed by atoms with E-state index in [1.54, 1.807) is 11.4 Å². The Balaban J connectivity index is 2.44. The summed E-state index contributed by atoms with van der Waals surface area (Å²) in [6.45, 7) is -0.450. The van der Waals surface area contributed by atoms with Crippen LogP contribution in [0.2, 0.25) is 0 Å². The number of nitrogens with zero attached hydrogens (tertiary/aromatic N) is 1. The van der Waals surface area contributed by atoms with E-state index in [4.69, 9.17) is 0 Å². The van der Waals surface area contributed by atoms with E-state index in [-0.39, 0.29) is 10.6 Å². The Morgan fingerprint density at radius 1 is 1.07 bits per heavy atom. The summed E-state index contributed by atoms with van der Waals surface area (Å²) >= 11 is 0. The summed E-state index contributed by atoms with van der Waals surface area (Å²) < 4.78 is 76.9. The normalized spacial score (nSPS) is 13.1. The first-order valence-corrected chi connectivity index (χ1v) is 9.16. The predicted molar refractivity (Wildman–Crippen MR) is 91.0 cm³/mol. The van der Waals surface area contributed by atoms with Crippen molar-refractivity contribution in [2.24, 2.45) is 0 Å². The van der Waals surface area contributed by atoms with Crippen LogP contribution in [0.5, 0.6) is 0 Å². The minimum Gasteiger partial charge on any atom is -0.345 e. The van der Waals surface area contributed by atoms with Gasteiger partial charge in [-0.3, -0.25) is 9.10 Å². The van der Waals surface area contributed by atoms with Gasteiger partial charge < -0.3 is 5.32 Å². The minimum absolute atomic E-state index is 0.0603. The number of rotatable bonds is 6. The molecule has 1 N–H and O–H groups in total. The Kier molecular flexibility index (Phi) is 6.09. The number of carbonyl (C=O) groups excluding carboxylic acids is 1. The average molecular weight is 404 g/mol. The van der Waals surface area contributed by atoms with Gasteiger partial charge in [-0.25, -0.2) is 12.8 Å². The average Bonchev–Trinajstić information content (AvgIpc) is 2.61. The molecule has 0 spiro atoms. The maximum absolute atomic E-state index is 13.2. The monoisotopic (exact) mass is 404 g/mol. The van der Waals surface area contributed by atoms with Gasteiger partial charge in [0.1, 0.15) is 18.4 Å². The van der Waals surface area contributed by atoms with Gasteiger partial charge in [0, 0.05) is 0 Å². The van der Waals surface area contributed by atoms with E-state index in [0.29, 0.717) is 4.31 Å². The summed E-state index contributed by atoms with van der Waals surface area (Å²) in [5.41, 5.74) is -0.0603. The largest absolute Gasteiger partial charge is 0.405 e. The SMILES string of the molecule is C[C@H](C(=O)NCC(F)(F)F)N(c1ccc(F)cc1)S(=O)(=O)c1ccccc1. The van der Waals surface area contributed by atoms with Crippen LogP contribution in [0.15, 0.2) is 59.5 Å². The molecule has 0 saturated carbocycles. The molecule has 0 aliphatic rings. The van der Waals surface area contributed by atoms with E-state index in [0.717, 1.165) is 31.2 Å². The van der Waals surface area contributed by atoms with Crippen molar-refractivity contribution in [3.8, 4) is 0 Å². The molecule has 10 heteroatoms. The van der Waals surface area contributed by atoms with Gasteiger partial charge >= 0.3 is 6.18 Å². The number of amides is 1. The first-order valence-electron chi connectivity index (χ1n) is 7.72. The summed E-state index contributed by atoms with van der Waals surface area (Å²) in [5, 5.41) is 1.66. The smallest absolute Gasteiger partial charge is 0.345 e. The van der Waals surface area contributed by atoms with E-state index < -0.39 is 40.5 Å². The second kappa shape index (κ2) is 7.95. The van der Waals surface area contributed by atoms with Gasteiger partial charge in [-0.2, -0.15) is 13.2 Å². The molecule has 0 bridgehead atoms. The van der Waals surface area contributed by atoms with Crippen LogP contribution in [0.4, 0.5) is 23.2 Å². The van der Waals surface area contributed by atoms with Crippen LogP contribution in [0.1, 0.15) is 6.92 Å². The third-order valence-corrected chi connectivity index (χ3v) is 5.49. The van der Waals surface area contributed by atoms with Crippen molar-refractivity contribution in [3.05, 3.63) is 60.4 Å². The van der Waals surface area contributed by atoms with Crippen molar-refractivity contribution < 1.29 is 30.8 Å². The number of hydrogen-bond donors (Lipinski definition) is 1. The summed E-state index contributed by atoms with van der Waals surface area (Å²) in [5.74, 6) is -1.78. The highest BCUT2D eigenvalue weighted by molar-refractivity contribution is 7.92. The Morgan fingerprint density at radius 2 is 1.63 bits per heavy atom. The molecule has 0 aromatic heterocycles. The molecular weight excluding hydrogens is 388 g/mol. The molecule has 0 heterocycles. The molecule has 146 valence electrons. The van der Waals surface area contributed by atoms with Crippen LogP contribution in [-0.4, -0.2) is 33.1 Å². The fourth-order valence-electron chi connectivity index (χ4n) is 2.31. The summed E-state index contributed by atoms with van der Waals surface area (Å²) in [6, 6.07) is 9.80. The Labute approximate surface area is 153 Å². The van der Waals surface area contributed by atoms with Gasteiger partial charge in [-0.05, 0) is 43.3 Å². The zero-order chi connectivity index (χ0) is 20.2. The zero-order valence-electron chi connectivity index (χ0n) is 14.1. The van der Waals surface area contributed by atoms with Gasteiger partial charge in [0.2, 0.25) is 5.91 Å². The third kappa shape index (κ3) is 5.19. The molecule has 2 aromatic carbocycles. The highest BCUT2D eigenvalue weighted by Crippen LogP contribution is 2.26. The zero-order valence-corrected chi connectivity index (χ0v) is 14.9. The van der Waals surface area contributed by atoms with Gasteiger partial charge in [0.05, 0.1) is 10.6 Å². The lowest BCUT2D eigenvalue weighted by Gasteiger charge is -2.30. The van der Waals surface area contributed by atoms with Crippen molar-refractivity contribution in [1.29, 1.82) is 0 Å². The van der Waals surface area contributed by atoms with Gasteiger partial charge in [-0.1, -0.05) is 18.2 Å². The van der Waals surface area contributed by atoms with Crippen LogP contribution in [-0.2, 0) is 14.8 Å². The van der Waals surface area contributed by atoms with E-state index in [1.807, 2.05) is 0 Å². The van der Waals surface area contributed by atoms with Crippen molar-refractivity contribution in [1.82, 2.24) is 5.32 Å². The van der Waals surface area contributed by atoms with Crippen LogP contribution in [0.3, 0.4) is 0 Å². The number of nitrogens with one attached hydrogen (secondary N) is 1. The Hall–Kier alpha value is -2.62. The lowest BCUT2D eigenvalue weighted by Crippen LogP contribution is -2.49. The van der Waals surface area contributed by atoms with Crippen LogP contribution < -0.4 is 9.62 Å². The van der Waals surface area contributed by atoms with Crippen molar-refractivity contribution in [2.45, 2.75) is 24.0 Å². The fraction of sp³-hybridized carbons (Fsp3) is 0.235. The first-order chi connectivity index (χ1) is 12.5. The van der Waals surface area contributed by atoms with E-state index in [1.165, 1.54) is 24.3 Å². The predicted octanol–water partition coefficient (Wildman–Crippen LogP) is 3.09. The quantitative estimate of drug-likeness (QED) is 0.753. The topological polar surface area (TPSA) is 66.5 Å². The van der Waals surface area contributed by atoms with E-state index in [2.05, 4.69) is 0 Å². The molecule has 0 fully saturated rings. The molecule has 0 saturated heterocycles. The van der Waals surface area contributed by atoms with Crippen molar-refractivity contribution in [2.75, 3.05) is 10.8 Å². The first kappa shape index (κ1) is 20.7. The van der Waals surface area contributed by atoms with E-state index in [9.17, 15) is 30.8 Å². The maximum Gasteiger partial charge on any atom is 0.405 e. The number of halogens is 4. The number of carbonyl (C=O) groups is 1. The standard InChI is InChI=1S/C17H16F4N2O3S/c1-12(16(24)22-11-17(19,20)21)23(14-9-7-13(18)8-10-14)27(25,26)15-5-3-2-4-6-15/h2-10,12H,11H2,1H3,(H,22,24)/t12-/m1/s1. The molecule has 27 heavy (non-hydrogen) atoms. The molecule has 0 radical (unpaired) electrons. The maximum atomic E-state index is 13.2. The lowest BCUT2D eigenvalue weighted by molar-refractivity contribution is -0.138. The molecule has 2 aromatic rings. The van der Waals surface area contributed by atoms with Crippen molar-refractivity contribution >= 4 is 21.6 Å². The molecule has 1 atom stereocenters. The number of hydrogen-bond acceptors (Lipinski definition) is 3. The highest BCUT2D eigenvalue weighted by Gasteiger charge is 2.35. The third-order valence-electron chi connectivity index (χ3n) is 3.58. The second-order valence-electron chi connectivity index (χ2n) is 5.60. The number of sulfonamides is 1. The minimum atomic E-state index is -4.64. The van der Waals surface area contributed by atoms with Crippen LogP contribution in [0.25, 0.3) is 0 Å².